The Morgan fingerprint density at radius 1 is 1.10 bits per heavy atom. The summed E-state index contributed by atoms with van der Waals surface area (Å²) in [5, 5.41) is 0. The van der Waals surface area contributed by atoms with Crippen LogP contribution in [0.5, 0.6) is 5.75 Å². The third kappa shape index (κ3) is 3.81. The Kier molecular flexibility index (Phi) is 5.18. The predicted molar refractivity (Wildman–Crippen MR) is 85.2 cm³/mol. The highest BCUT2D eigenvalue weighted by Gasteiger charge is 2.09. The normalized spacial score (nSPS) is 10.7. The number of hydrogen-bond acceptors (Lipinski definition) is 2. The lowest BCUT2D eigenvalue weighted by Gasteiger charge is -2.14. The number of benzene rings is 2. The molecule has 0 aliphatic heterocycles. The first-order valence-electron chi connectivity index (χ1n) is 6.06. The monoisotopic (exact) mass is 401 g/mol. The molecular weight excluding hydrogens is 389 g/mol. The zero-order valence-corrected chi connectivity index (χ0v) is 14.1. The summed E-state index contributed by atoms with van der Waals surface area (Å²) in [5.41, 5.74) is 8.42. The van der Waals surface area contributed by atoms with E-state index in [1.165, 1.54) is 12.1 Å². The molecule has 2 aromatic carbocycles. The number of hydrogen-bond donors (Lipinski definition) is 1. The van der Waals surface area contributed by atoms with Crippen LogP contribution >= 0.6 is 31.9 Å². The minimum absolute atomic E-state index is 0.287. The van der Waals surface area contributed by atoms with Gasteiger partial charge >= 0.3 is 0 Å². The summed E-state index contributed by atoms with van der Waals surface area (Å²) >= 11 is 6.71. The second kappa shape index (κ2) is 6.70. The van der Waals surface area contributed by atoms with Gasteiger partial charge in [-0.3, -0.25) is 0 Å². The van der Waals surface area contributed by atoms with Crippen molar-refractivity contribution in [2.45, 2.75) is 20.1 Å². The molecule has 0 fully saturated rings. The van der Waals surface area contributed by atoms with Crippen LogP contribution in [-0.4, -0.2) is 0 Å². The van der Waals surface area contributed by atoms with E-state index in [0.29, 0.717) is 17.6 Å². The number of nitrogens with two attached hydrogens (primary N) is 1. The molecular formula is C15H14Br2FNO. The maximum absolute atomic E-state index is 13.3. The first kappa shape index (κ1) is 15.5. The molecule has 106 valence electrons. The van der Waals surface area contributed by atoms with Gasteiger partial charge in [-0.05, 0) is 48.4 Å². The minimum Gasteiger partial charge on any atom is -0.488 e. The van der Waals surface area contributed by atoms with Crippen LogP contribution in [0.15, 0.2) is 39.3 Å². The molecule has 2 rings (SSSR count). The molecule has 0 saturated carbocycles. The van der Waals surface area contributed by atoms with Crippen molar-refractivity contribution in [3.8, 4) is 5.75 Å². The van der Waals surface area contributed by atoms with E-state index in [4.69, 9.17) is 10.5 Å². The van der Waals surface area contributed by atoms with Crippen LogP contribution in [0.2, 0.25) is 0 Å². The van der Waals surface area contributed by atoms with Crippen LogP contribution in [0.25, 0.3) is 0 Å². The second-order valence-corrected chi connectivity index (χ2v) is 6.31. The van der Waals surface area contributed by atoms with E-state index in [1.54, 1.807) is 0 Å². The van der Waals surface area contributed by atoms with Gasteiger partial charge in [0.15, 0.2) is 0 Å². The molecule has 0 bridgehead atoms. The first-order valence-corrected chi connectivity index (χ1v) is 7.65. The second-order valence-electron chi connectivity index (χ2n) is 4.48. The van der Waals surface area contributed by atoms with Crippen LogP contribution in [-0.2, 0) is 13.2 Å². The van der Waals surface area contributed by atoms with Gasteiger partial charge in [0.25, 0.3) is 0 Å². The van der Waals surface area contributed by atoms with Crippen molar-refractivity contribution in [1.29, 1.82) is 0 Å². The molecule has 5 heteroatoms. The van der Waals surface area contributed by atoms with Crippen LogP contribution in [0.1, 0.15) is 16.7 Å². The number of ether oxygens (including phenoxy) is 1. The largest absolute Gasteiger partial charge is 0.488 e. The molecule has 0 atom stereocenters. The fourth-order valence-corrected chi connectivity index (χ4v) is 3.14. The lowest BCUT2D eigenvalue weighted by Crippen LogP contribution is -2.05. The summed E-state index contributed by atoms with van der Waals surface area (Å²) in [6.45, 7) is 2.65. The van der Waals surface area contributed by atoms with E-state index in [-0.39, 0.29) is 5.82 Å². The Labute approximate surface area is 134 Å². The van der Waals surface area contributed by atoms with Crippen molar-refractivity contribution < 1.29 is 9.13 Å². The van der Waals surface area contributed by atoms with E-state index in [2.05, 4.69) is 31.9 Å². The molecule has 0 aromatic heterocycles. The van der Waals surface area contributed by atoms with Gasteiger partial charge < -0.3 is 10.5 Å². The molecule has 2 nitrogen and oxygen atoms in total. The summed E-state index contributed by atoms with van der Waals surface area (Å²) in [5.74, 6) is 0.473. The molecule has 0 unspecified atom stereocenters. The number of rotatable bonds is 4. The van der Waals surface area contributed by atoms with Gasteiger partial charge in [0.1, 0.15) is 18.2 Å². The van der Waals surface area contributed by atoms with E-state index in [1.807, 2.05) is 25.1 Å². The molecule has 2 aromatic rings. The Balaban J connectivity index is 2.22. The molecule has 20 heavy (non-hydrogen) atoms. The average Bonchev–Trinajstić information content (AvgIpc) is 2.35. The third-order valence-electron chi connectivity index (χ3n) is 2.84. The van der Waals surface area contributed by atoms with E-state index in [0.717, 1.165) is 26.9 Å². The van der Waals surface area contributed by atoms with Crippen LogP contribution in [0, 0.1) is 12.7 Å². The quantitative estimate of drug-likeness (QED) is 0.804. The highest BCUT2D eigenvalue weighted by molar-refractivity contribution is 9.10. The number of halogens is 3. The van der Waals surface area contributed by atoms with Crippen LogP contribution < -0.4 is 10.5 Å². The number of aryl methyl sites for hydroxylation is 1. The highest BCUT2D eigenvalue weighted by Crippen LogP contribution is 2.28. The molecule has 0 spiro atoms. The van der Waals surface area contributed by atoms with Gasteiger partial charge in [-0.2, -0.15) is 0 Å². The smallest absolute Gasteiger partial charge is 0.127 e. The SMILES string of the molecule is Cc1cc(Br)cc(CN)c1OCc1cc(F)cc(Br)c1. The fraction of sp³-hybridized carbons (Fsp3) is 0.200. The van der Waals surface area contributed by atoms with Gasteiger partial charge in [0.05, 0.1) is 0 Å². The van der Waals surface area contributed by atoms with Crippen molar-refractivity contribution in [2.75, 3.05) is 0 Å². The lowest BCUT2D eigenvalue weighted by atomic mass is 10.1. The molecule has 2 N–H and O–H groups in total. The molecule has 0 heterocycles. The highest BCUT2D eigenvalue weighted by atomic mass is 79.9. The van der Waals surface area contributed by atoms with E-state index < -0.39 is 0 Å². The van der Waals surface area contributed by atoms with E-state index in [9.17, 15) is 4.39 Å². The maximum Gasteiger partial charge on any atom is 0.127 e. The fourth-order valence-electron chi connectivity index (χ4n) is 2.01. The molecule has 0 saturated heterocycles. The standard InChI is InChI=1S/C15H14Br2FNO/c1-9-2-12(16)5-11(7-19)15(9)20-8-10-3-13(17)6-14(18)4-10/h2-6H,7-8,19H2,1H3. The van der Waals surface area contributed by atoms with Crippen molar-refractivity contribution in [2.24, 2.45) is 5.73 Å². The topological polar surface area (TPSA) is 35.2 Å². The Morgan fingerprint density at radius 3 is 2.45 bits per heavy atom. The predicted octanol–water partition coefficient (Wildman–Crippen LogP) is 4.70. The molecule has 0 radical (unpaired) electrons. The summed E-state index contributed by atoms with van der Waals surface area (Å²) in [6, 6.07) is 8.61. The van der Waals surface area contributed by atoms with Gasteiger partial charge in [-0.1, -0.05) is 31.9 Å². The van der Waals surface area contributed by atoms with Crippen molar-refractivity contribution in [1.82, 2.24) is 0 Å². The third-order valence-corrected chi connectivity index (χ3v) is 3.76. The summed E-state index contributed by atoms with van der Waals surface area (Å²) in [4.78, 5) is 0. The summed E-state index contributed by atoms with van der Waals surface area (Å²) in [7, 11) is 0. The van der Waals surface area contributed by atoms with Crippen molar-refractivity contribution in [3.63, 3.8) is 0 Å². The Hall–Kier alpha value is -0.910. The average molecular weight is 403 g/mol. The summed E-state index contributed by atoms with van der Waals surface area (Å²) < 4.78 is 20.8. The Bertz CT molecular complexity index is 611. The van der Waals surface area contributed by atoms with Crippen LogP contribution in [0.3, 0.4) is 0 Å². The lowest BCUT2D eigenvalue weighted by molar-refractivity contribution is 0.300. The zero-order valence-electron chi connectivity index (χ0n) is 10.9. The maximum atomic E-state index is 13.3. The molecule has 0 amide bonds. The van der Waals surface area contributed by atoms with Gasteiger partial charge in [-0.25, -0.2) is 4.39 Å². The molecule has 0 aliphatic rings. The summed E-state index contributed by atoms with van der Waals surface area (Å²) in [6.07, 6.45) is 0. The van der Waals surface area contributed by atoms with E-state index >= 15 is 0 Å². The van der Waals surface area contributed by atoms with Crippen LogP contribution in [0.4, 0.5) is 4.39 Å². The Morgan fingerprint density at radius 2 is 1.80 bits per heavy atom. The first-order chi connectivity index (χ1) is 9.49. The van der Waals surface area contributed by atoms with Gasteiger partial charge in [0.2, 0.25) is 0 Å². The van der Waals surface area contributed by atoms with Gasteiger partial charge in [-0.15, -0.1) is 0 Å². The molecule has 0 aliphatic carbocycles. The van der Waals surface area contributed by atoms with Gasteiger partial charge in [0, 0.05) is 21.1 Å². The van der Waals surface area contributed by atoms with Crippen molar-refractivity contribution in [3.05, 3.63) is 61.8 Å². The zero-order chi connectivity index (χ0) is 14.7. The van der Waals surface area contributed by atoms with Crippen molar-refractivity contribution >= 4 is 31.9 Å². The minimum atomic E-state index is -0.287.